The maximum absolute atomic E-state index is 13.6. The summed E-state index contributed by atoms with van der Waals surface area (Å²) in [6.45, 7) is 10.9. The van der Waals surface area contributed by atoms with E-state index in [0.717, 1.165) is 31.1 Å². The van der Waals surface area contributed by atoms with Crippen molar-refractivity contribution in [3.8, 4) is 0 Å². The van der Waals surface area contributed by atoms with E-state index in [1.807, 2.05) is 60.7 Å². The number of carbonyl (C=O) groups excluding carboxylic acids is 4. The smallest absolute Gasteiger partial charge is 0.338 e. The summed E-state index contributed by atoms with van der Waals surface area (Å²) in [6.07, 6.45) is -14.9. The molecule has 0 radical (unpaired) electrons. The lowest BCUT2D eigenvalue weighted by Crippen LogP contribution is -2.69. The molecular formula is C41H50O14Si. The van der Waals surface area contributed by atoms with Crippen molar-refractivity contribution in [2.45, 2.75) is 115 Å². The largest absolute Gasteiger partial charge is 0.456 e. The molecule has 3 aromatic carbocycles. The Morgan fingerprint density at radius 1 is 0.643 bits per heavy atom. The number of rotatable bonds is 12. The van der Waals surface area contributed by atoms with Crippen LogP contribution in [0.4, 0.5) is 0 Å². The number of esters is 4. The van der Waals surface area contributed by atoms with E-state index in [9.17, 15) is 29.4 Å². The Balaban J connectivity index is 1.51. The Bertz CT molecular complexity index is 1750. The second-order valence-corrected chi connectivity index (χ2v) is 19.1. The van der Waals surface area contributed by atoms with Crippen molar-refractivity contribution in [2.75, 3.05) is 6.61 Å². The molecule has 2 aliphatic rings. The molecule has 2 N–H and O–H groups in total. The van der Waals surface area contributed by atoms with E-state index in [4.69, 9.17) is 37.6 Å². The molecule has 0 aromatic heterocycles. The van der Waals surface area contributed by atoms with Gasteiger partial charge in [0.2, 0.25) is 0 Å². The van der Waals surface area contributed by atoms with Crippen LogP contribution in [-0.2, 0) is 52.0 Å². The lowest BCUT2D eigenvalue weighted by molar-refractivity contribution is -0.358. The zero-order valence-corrected chi connectivity index (χ0v) is 33.4. The molecule has 0 saturated carbocycles. The van der Waals surface area contributed by atoms with Gasteiger partial charge in [-0.2, -0.15) is 0 Å². The molecule has 0 amide bonds. The van der Waals surface area contributed by atoms with Gasteiger partial charge in [-0.05, 0) is 34.5 Å². The van der Waals surface area contributed by atoms with Gasteiger partial charge in [0, 0.05) is 20.8 Å². The molecule has 5 rings (SSSR count). The molecule has 3 aromatic rings. The number of hydrogen-bond acceptors (Lipinski definition) is 14. The molecule has 0 spiro atoms. The number of ether oxygens (including phenoxy) is 7. The Kier molecular flexibility index (Phi) is 13.9. The van der Waals surface area contributed by atoms with Crippen LogP contribution in [0.5, 0.6) is 0 Å². The van der Waals surface area contributed by atoms with E-state index in [2.05, 4.69) is 20.8 Å². The van der Waals surface area contributed by atoms with Gasteiger partial charge < -0.3 is 47.8 Å². The van der Waals surface area contributed by atoms with E-state index in [1.165, 1.54) is 19.1 Å². The molecule has 15 heteroatoms. The second kappa shape index (κ2) is 18.2. The summed E-state index contributed by atoms with van der Waals surface area (Å²) >= 11 is 0. The lowest BCUT2D eigenvalue weighted by Gasteiger charge is -2.48. The first kappa shape index (κ1) is 42.7. The average Bonchev–Trinajstić information content (AvgIpc) is 3.15. The van der Waals surface area contributed by atoms with Gasteiger partial charge in [0.25, 0.3) is 8.32 Å². The van der Waals surface area contributed by atoms with Crippen LogP contribution in [0.3, 0.4) is 0 Å². The van der Waals surface area contributed by atoms with Gasteiger partial charge in [-0.25, -0.2) is 4.79 Å². The van der Waals surface area contributed by atoms with E-state index in [1.54, 1.807) is 18.2 Å². The maximum atomic E-state index is 13.6. The zero-order chi connectivity index (χ0) is 40.8. The minimum absolute atomic E-state index is 0.152. The van der Waals surface area contributed by atoms with Crippen molar-refractivity contribution >= 4 is 42.6 Å². The standard InChI is InChI=1S/C41H50O14Si/c1-24-33(50-25(2)42)35(51-26(3)43)37(52-27(4)44)40(49-24)55-36-34(54-38(46)28-17-11-8-12-18-28)32(45)31(53-39(36)47)23-48-56(41(5,6)7,29-19-13-9-14-20-29)30-21-15-10-16-22-30/h8-22,24,31-37,39-40,45,47H,23H2,1-7H3/t24-,31+,32+,33-,34-,35+,36+,37+,39+,40-/m0/s1. The second-order valence-electron chi connectivity index (χ2n) is 14.8. The average molecular weight is 795 g/mol. The fourth-order valence-electron chi connectivity index (χ4n) is 7.29. The van der Waals surface area contributed by atoms with Crippen LogP contribution in [0.1, 0.15) is 58.8 Å². The van der Waals surface area contributed by atoms with Crippen molar-refractivity contribution in [2.24, 2.45) is 0 Å². The van der Waals surface area contributed by atoms with Gasteiger partial charge in [-0.1, -0.05) is 99.6 Å². The Labute approximate surface area is 327 Å². The number of aliphatic hydroxyl groups excluding tert-OH is 2. The Hall–Kier alpha value is -4.48. The highest BCUT2D eigenvalue weighted by molar-refractivity contribution is 6.99. The highest BCUT2D eigenvalue weighted by atomic mass is 28.4. The summed E-state index contributed by atoms with van der Waals surface area (Å²) in [5.74, 6) is -3.17. The molecule has 2 fully saturated rings. The molecule has 0 aliphatic carbocycles. The van der Waals surface area contributed by atoms with Gasteiger partial charge >= 0.3 is 23.9 Å². The molecule has 56 heavy (non-hydrogen) atoms. The van der Waals surface area contributed by atoms with Gasteiger partial charge in [0.1, 0.15) is 12.2 Å². The number of carbonyl (C=O) groups is 4. The third-order valence-corrected chi connectivity index (χ3v) is 14.7. The molecule has 302 valence electrons. The predicted octanol–water partition coefficient (Wildman–Crippen LogP) is 2.79. The third kappa shape index (κ3) is 9.54. The van der Waals surface area contributed by atoms with Crippen LogP contribution < -0.4 is 10.4 Å². The van der Waals surface area contributed by atoms with Crippen LogP contribution in [0, 0.1) is 0 Å². The van der Waals surface area contributed by atoms with Crippen molar-refractivity contribution in [1.82, 2.24) is 0 Å². The Morgan fingerprint density at radius 3 is 1.62 bits per heavy atom. The van der Waals surface area contributed by atoms with E-state index >= 15 is 0 Å². The topological polar surface area (TPSA) is 183 Å². The van der Waals surface area contributed by atoms with Crippen molar-refractivity contribution in [1.29, 1.82) is 0 Å². The van der Waals surface area contributed by atoms with Crippen LogP contribution in [0.2, 0.25) is 5.04 Å². The van der Waals surface area contributed by atoms with E-state index in [0.29, 0.717) is 0 Å². The number of aliphatic hydroxyl groups is 2. The van der Waals surface area contributed by atoms with Gasteiger partial charge in [0.15, 0.2) is 43.1 Å². The lowest BCUT2D eigenvalue weighted by atomic mass is 9.96. The summed E-state index contributed by atoms with van der Waals surface area (Å²) < 4.78 is 47.6. The monoisotopic (exact) mass is 794 g/mol. The summed E-state index contributed by atoms with van der Waals surface area (Å²) in [5, 5.41) is 25.2. The minimum Gasteiger partial charge on any atom is -0.456 e. The summed E-state index contributed by atoms with van der Waals surface area (Å²) in [7, 11) is -3.17. The highest BCUT2D eigenvalue weighted by Gasteiger charge is 2.56. The molecule has 2 heterocycles. The molecule has 14 nitrogen and oxygen atoms in total. The van der Waals surface area contributed by atoms with Crippen LogP contribution in [-0.4, -0.2) is 110 Å². The van der Waals surface area contributed by atoms with Crippen LogP contribution in [0.15, 0.2) is 91.0 Å². The normalized spacial score (nSPS) is 28.1. The van der Waals surface area contributed by atoms with Gasteiger partial charge in [0.05, 0.1) is 18.3 Å². The number of benzene rings is 3. The molecular weight excluding hydrogens is 745 g/mol. The van der Waals surface area contributed by atoms with Crippen LogP contribution >= 0.6 is 0 Å². The number of hydrogen-bond donors (Lipinski definition) is 2. The Morgan fingerprint density at radius 2 is 1.12 bits per heavy atom. The molecule has 2 saturated heterocycles. The summed E-state index contributed by atoms with van der Waals surface area (Å²) in [5.41, 5.74) is 0.152. The zero-order valence-electron chi connectivity index (χ0n) is 32.4. The summed E-state index contributed by atoms with van der Waals surface area (Å²) in [6, 6.07) is 27.6. The highest BCUT2D eigenvalue weighted by Crippen LogP contribution is 2.38. The quantitative estimate of drug-likeness (QED) is 0.155. The van der Waals surface area contributed by atoms with Crippen molar-refractivity contribution in [3.05, 3.63) is 96.6 Å². The SMILES string of the molecule is CC(=O)O[C@@H]1[C@@H](OC(C)=O)[C@H](C)O[C@@H](O[C@@H]2[C@@H](OC(=O)c3ccccc3)[C@H](O)[C@@H](CO[Si](c3ccccc3)(c3ccccc3)C(C)(C)C)O[C@H]2O)[C@@H]1OC(C)=O. The maximum Gasteiger partial charge on any atom is 0.338 e. The molecule has 10 atom stereocenters. The van der Waals surface area contributed by atoms with Crippen molar-refractivity contribution in [3.63, 3.8) is 0 Å². The first-order chi connectivity index (χ1) is 26.5. The fraction of sp³-hybridized carbons (Fsp3) is 0.463. The minimum atomic E-state index is -3.17. The first-order valence-electron chi connectivity index (χ1n) is 18.4. The van der Waals surface area contributed by atoms with Crippen molar-refractivity contribution < 1.29 is 67.0 Å². The molecule has 0 bridgehead atoms. The third-order valence-electron chi connectivity index (χ3n) is 9.69. The van der Waals surface area contributed by atoms with E-state index < -0.39 is 98.6 Å². The fourth-order valence-corrected chi connectivity index (χ4v) is 11.9. The predicted molar refractivity (Wildman–Crippen MR) is 202 cm³/mol. The van der Waals surface area contributed by atoms with Gasteiger partial charge in [-0.15, -0.1) is 0 Å². The van der Waals surface area contributed by atoms with Crippen LogP contribution in [0.25, 0.3) is 0 Å². The molecule has 2 aliphatic heterocycles. The van der Waals surface area contributed by atoms with Gasteiger partial charge in [-0.3, -0.25) is 14.4 Å². The summed E-state index contributed by atoms with van der Waals surface area (Å²) in [4.78, 5) is 50.2. The first-order valence-corrected chi connectivity index (χ1v) is 20.3. The van der Waals surface area contributed by atoms with E-state index in [-0.39, 0.29) is 12.2 Å². The molecule has 0 unspecified atom stereocenters.